The van der Waals surface area contributed by atoms with Crippen LogP contribution in [0.2, 0.25) is 0 Å². The molecular weight excluding hydrogens is 280 g/mol. The van der Waals surface area contributed by atoms with Crippen LogP contribution in [0.3, 0.4) is 0 Å². The van der Waals surface area contributed by atoms with Crippen molar-refractivity contribution in [2.24, 2.45) is 0 Å². The molecule has 2 aromatic rings. The number of aryl methyl sites for hydroxylation is 1. The van der Waals surface area contributed by atoms with Gasteiger partial charge in [-0.1, -0.05) is 6.07 Å². The molecule has 1 aromatic heterocycles. The van der Waals surface area contributed by atoms with Crippen molar-refractivity contribution in [3.63, 3.8) is 0 Å². The van der Waals surface area contributed by atoms with Crippen molar-refractivity contribution < 1.29 is 5.11 Å². The second-order valence-electron chi connectivity index (χ2n) is 4.35. The van der Waals surface area contributed by atoms with Gasteiger partial charge in [0.1, 0.15) is 10.4 Å². The summed E-state index contributed by atoms with van der Waals surface area (Å²) in [5.74, 6) is 0.267. The van der Waals surface area contributed by atoms with Crippen LogP contribution >= 0.6 is 15.9 Å². The van der Waals surface area contributed by atoms with Gasteiger partial charge in [-0.05, 0) is 53.7 Å². The minimum atomic E-state index is 0.267. The van der Waals surface area contributed by atoms with Crippen LogP contribution in [0.5, 0.6) is 5.75 Å². The van der Waals surface area contributed by atoms with Crippen LogP contribution in [0.25, 0.3) is 5.69 Å². The Balaban J connectivity index is 2.12. The van der Waals surface area contributed by atoms with E-state index in [0.717, 1.165) is 23.1 Å². The Morgan fingerprint density at radius 3 is 2.82 bits per heavy atom. The summed E-state index contributed by atoms with van der Waals surface area (Å²) in [5, 5.41) is 14.1. The summed E-state index contributed by atoms with van der Waals surface area (Å²) >= 11 is 3.62. The summed E-state index contributed by atoms with van der Waals surface area (Å²) in [6.07, 6.45) is 4.60. The van der Waals surface area contributed by atoms with E-state index < -0.39 is 0 Å². The minimum Gasteiger partial charge on any atom is -0.508 e. The first-order valence-electron chi connectivity index (χ1n) is 5.81. The molecule has 0 spiro atoms. The zero-order valence-corrected chi connectivity index (χ0v) is 10.9. The van der Waals surface area contributed by atoms with Crippen molar-refractivity contribution in [3.05, 3.63) is 40.1 Å². The lowest BCUT2D eigenvalue weighted by Crippen LogP contribution is -2.00. The Hall–Kier alpha value is -1.29. The molecule has 0 atom stereocenters. The maximum Gasteiger partial charge on any atom is 0.117 e. The summed E-state index contributed by atoms with van der Waals surface area (Å²) in [6.45, 7) is 0. The maximum absolute atomic E-state index is 9.51. The predicted octanol–water partition coefficient (Wildman–Crippen LogP) is 3.22. The fourth-order valence-electron chi connectivity index (χ4n) is 2.31. The molecule has 0 bridgehead atoms. The molecule has 0 radical (unpaired) electrons. The van der Waals surface area contributed by atoms with E-state index >= 15 is 0 Å². The van der Waals surface area contributed by atoms with Gasteiger partial charge < -0.3 is 5.11 Å². The molecule has 1 aliphatic carbocycles. The van der Waals surface area contributed by atoms with Gasteiger partial charge in [0.25, 0.3) is 0 Å². The molecule has 0 saturated carbocycles. The highest BCUT2D eigenvalue weighted by Crippen LogP contribution is 2.30. The zero-order valence-electron chi connectivity index (χ0n) is 9.36. The van der Waals surface area contributed by atoms with Gasteiger partial charge in [-0.3, -0.25) is 0 Å². The van der Waals surface area contributed by atoms with Crippen molar-refractivity contribution in [2.75, 3.05) is 0 Å². The van der Waals surface area contributed by atoms with Gasteiger partial charge in [0, 0.05) is 11.6 Å². The SMILES string of the molecule is Oc1cccc(-n2nc3c(c2Br)CCCC3)c1. The fourth-order valence-corrected chi connectivity index (χ4v) is 3.02. The van der Waals surface area contributed by atoms with E-state index in [1.165, 1.54) is 24.1 Å². The second kappa shape index (κ2) is 4.18. The number of hydrogen-bond acceptors (Lipinski definition) is 2. The topological polar surface area (TPSA) is 38.0 Å². The second-order valence-corrected chi connectivity index (χ2v) is 5.11. The number of aromatic hydroxyl groups is 1. The Kier molecular flexibility index (Phi) is 2.67. The summed E-state index contributed by atoms with van der Waals surface area (Å²) in [7, 11) is 0. The molecule has 1 aromatic carbocycles. The number of fused-ring (bicyclic) bond motifs is 1. The van der Waals surface area contributed by atoms with Crippen molar-refractivity contribution in [1.29, 1.82) is 0 Å². The molecular formula is C13H13BrN2O. The van der Waals surface area contributed by atoms with E-state index in [1.807, 2.05) is 16.8 Å². The molecule has 0 fully saturated rings. The van der Waals surface area contributed by atoms with Crippen LogP contribution in [-0.4, -0.2) is 14.9 Å². The highest BCUT2D eigenvalue weighted by atomic mass is 79.9. The number of phenols is 1. The lowest BCUT2D eigenvalue weighted by molar-refractivity contribution is 0.474. The third kappa shape index (κ3) is 1.86. The van der Waals surface area contributed by atoms with E-state index in [2.05, 4.69) is 21.0 Å². The van der Waals surface area contributed by atoms with Crippen LogP contribution in [0.4, 0.5) is 0 Å². The number of aromatic nitrogens is 2. The molecule has 0 aliphatic heterocycles. The van der Waals surface area contributed by atoms with Crippen LogP contribution in [0.1, 0.15) is 24.1 Å². The third-order valence-electron chi connectivity index (χ3n) is 3.17. The Morgan fingerprint density at radius 2 is 2.06 bits per heavy atom. The lowest BCUT2D eigenvalue weighted by Gasteiger charge is -2.08. The Labute approximate surface area is 108 Å². The molecule has 3 rings (SSSR count). The number of phenolic OH excluding ortho intramolecular Hbond substituents is 1. The Bertz CT molecular complexity index is 563. The van der Waals surface area contributed by atoms with Gasteiger partial charge in [-0.25, -0.2) is 4.68 Å². The molecule has 0 amide bonds. The Morgan fingerprint density at radius 1 is 1.24 bits per heavy atom. The van der Waals surface area contributed by atoms with Crippen LogP contribution < -0.4 is 0 Å². The first-order valence-corrected chi connectivity index (χ1v) is 6.60. The summed E-state index contributed by atoms with van der Waals surface area (Å²) in [5.41, 5.74) is 3.40. The maximum atomic E-state index is 9.51. The number of rotatable bonds is 1. The summed E-state index contributed by atoms with van der Waals surface area (Å²) in [6, 6.07) is 7.17. The molecule has 1 heterocycles. The van der Waals surface area contributed by atoms with Gasteiger partial charge in [-0.15, -0.1) is 0 Å². The number of nitrogens with zero attached hydrogens (tertiary/aromatic N) is 2. The highest BCUT2D eigenvalue weighted by Gasteiger charge is 2.19. The van der Waals surface area contributed by atoms with Crippen molar-refractivity contribution >= 4 is 15.9 Å². The van der Waals surface area contributed by atoms with Crippen LogP contribution in [0, 0.1) is 0 Å². The van der Waals surface area contributed by atoms with E-state index in [1.54, 1.807) is 12.1 Å². The predicted molar refractivity (Wildman–Crippen MR) is 69.6 cm³/mol. The van der Waals surface area contributed by atoms with E-state index in [4.69, 9.17) is 0 Å². The fraction of sp³-hybridized carbons (Fsp3) is 0.308. The smallest absolute Gasteiger partial charge is 0.117 e. The average Bonchev–Trinajstić information content (AvgIpc) is 2.68. The van der Waals surface area contributed by atoms with E-state index in [-0.39, 0.29) is 5.75 Å². The van der Waals surface area contributed by atoms with Gasteiger partial charge >= 0.3 is 0 Å². The molecule has 0 unspecified atom stereocenters. The van der Waals surface area contributed by atoms with E-state index in [0.29, 0.717) is 0 Å². The highest BCUT2D eigenvalue weighted by molar-refractivity contribution is 9.10. The van der Waals surface area contributed by atoms with Crippen molar-refractivity contribution in [2.45, 2.75) is 25.7 Å². The third-order valence-corrected chi connectivity index (χ3v) is 3.98. The monoisotopic (exact) mass is 292 g/mol. The quantitative estimate of drug-likeness (QED) is 0.876. The van der Waals surface area contributed by atoms with Crippen LogP contribution in [0.15, 0.2) is 28.9 Å². The summed E-state index contributed by atoms with van der Waals surface area (Å²) < 4.78 is 2.90. The molecule has 88 valence electrons. The minimum absolute atomic E-state index is 0.267. The normalized spacial score (nSPS) is 14.6. The van der Waals surface area contributed by atoms with Gasteiger partial charge in [0.15, 0.2) is 0 Å². The van der Waals surface area contributed by atoms with Crippen LogP contribution in [-0.2, 0) is 12.8 Å². The molecule has 1 N–H and O–H groups in total. The largest absolute Gasteiger partial charge is 0.508 e. The lowest BCUT2D eigenvalue weighted by atomic mass is 9.99. The standard InChI is InChI=1S/C13H13BrN2O/c14-13-11-6-1-2-7-12(11)15-16(13)9-4-3-5-10(17)8-9/h3-5,8,17H,1-2,6-7H2. The first-order chi connectivity index (χ1) is 8.25. The zero-order chi connectivity index (χ0) is 11.8. The first kappa shape index (κ1) is 10.8. The molecule has 4 heteroatoms. The van der Waals surface area contributed by atoms with Gasteiger partial charge in [0.2, 0.25) is 0 Å². The molecule has 1 aliphatic rings. The molecule has 3 nitrogen and oxygen atoms in total. The number of benzene rings is 1. The van der Waals surface area contributed by atoms with E-state index in [9.17, 15) is 5.11 Å². The number of halogens is 1. The van der Waals surface area contributed by atoms with Gasteiger partial charge in [-0.2, -0.15) is 5.10 Å². The molecule has 17 heavy (non-hydrogen) atoms. The van der Waals surface area contributed by atoms with Crippen molar-refractivity contribution in [3.8, 4) is 11.4 Å². The summed E-state index contributed by atoms with van der Waals surface area (Å²) in [4.78, 5) is 0. The van der Waals surface area contributed by atoms with Gasteiger partial charge in [0.05, 0.1) is 11.4 Å². The number of hydrogen-bond donors (Lipinski definition) is 1. The van der Waals surface area contributed by atoms with Crippen molar-refractivity contribution in [1.82, 2.24) is 9.78 Å². The average molecular weight is 293 g/mol. The molecule has 0 saturated heterocycles.